The highest BCUT2D eigenvalue weighted by Gasteiger charge is 2.20. The van der Waals surface area contributed by atoms with E-state index in [1.165, 1.54) is 64.1 Å². The normalized spacial score (nSPS) is 12.0. The minimum atomic E-state index is 1.24. The average molecular weight is 521 g/mol. The van der Waals surface area contributed by atoms with Crippen molar-refractivity contribution >= 4 is 23.5 Å². The molecule has 0 atom stereocenters. The maximum atomic E-state index is 2.36. The van der Waals surface area contributed by atoms with Gasteiger partial charge in [0.2, 0.25) is 0 Å². The van der Waals surface area contributed by atoms with E-state index in [2.05, 4.69) is 146 Å². The highest BCUT2D eigenvalue weighted by atomic mass is 32.2. The topological polar surface area (TPSA) is 0 Å². The van der Waals surface area contributed by atoms with E-state index in [4.69, 9.17) is 0 Å². The fourth-order valence-electron chi connectivity index (χ4n) is 5.07. The van der Waals surface area contributed by atoms with Gasteiger partial charge < -0.3 is 0 Å². The van der Waals surface area contributed by atoms with E-state index in [0.717, 1.165) is 0 Å². The van der Waals surface area contributed by atoms with Crippen LogP contribution in [-0.2, 0) is 0 Å². The van der Waals surface area contributed by atoms with Crippen molar-refractivity contribution in [2.75, 3.05) is 0 Å². The molecular weight excluding hydrogens is 497 g/mol. The van der Waals surface area contributed by atoms with Crippen molar-refractivity contribution in [3.63, 3.8) is 0 Å². The zero-order valence-corrected chi connectivity index (χ0v) is 22.3. The quantitative estimate of drug-likeness (QED) is 0.222. The van der Waals surface area contributed by atoms with Gasteiger partial charge in [-0.15, -0.1) is 0 Å². The second-order valence-corrected chi connectivity index (χ2v) is 11.5. The molecule has 0 saturated heterocycles. The Kier molecular flexibility index (Phi) is 6.13. The Morgan fingerprint density at radius 2 is 0.632 bits per heavy atom. The summed E-state index contributed by atoms with van der Waals surface area (Å²) in [7, 11) is 0. The summed E-state index contributed by atoms with van der Waals surface area (Å²) in [5.74, 6) is 0. The highest BCUT2D eigenvalue weighted by molar-refractivity contribution is 8.00. The monoisotopic (exact) mass is 520 g/mol. The standard InChI is InChI=1S/C36H24S2/c1-3-11-25(12-4-1)27-19-21-31-29-15-7-9-17-33(29)37-34-18-10-8-16-30(34)32-22-20-28(26-13-5-2-6-14-26)24-36(32)38-35(31)23-27/h1-24H. The van der Waals surface area contributed by atoms with Gasteiger partial charge in [-0.2, -0.15) is 0 Å². The molecule has 1 heterocycles. The van der Waals surface area contributed by atoms with E-state index in [1.807, 2.05) is 23.5 Å². The molecule has 6 aromatic carbocycles. The third-order valence-electron chi connectivity index (χ3n) is 6.97. The summed E-state index contributed by atoms with van der Waals surface area (Å²) >= 11 is 3.73. The Bertz CT molecular complexity index is 1620. The fourth-order valence-corrected chi connectivity index (χ4v) is 7.36. The van der Waals surface area contributed by atoms with Gasteiger partial charge in [-0.1, -0.05) is 145 Å². The second kappa shape index (κ2) is 10.1. The van der Waals surface area contributed by atoms with Gasteiger partial charge in [0.1, 0.15) is 0 Å². The SMILES string of the molecule is c1ccc(-c2ccc3c(c2)Sc2cc(-c4ccccc4)ccc2-c2ccccc2Sc2ccccc2-3)cc1. The molecule has 6 aromatic rings. The molecule has 0 spiro atoms. The fraction of sp³-hybridized carbons (Fsp3) is 0. The molecule has 1 aliphatic rings. The van der Waals surface area contributed by atoms with Crippen LogP contribution in [0, 0.1) is 0 Å². The molecule has 0 unspecified atom stereocenters. The summed E-state index contributed by atoms with van der Waals surface area (Å²) in [4.78, 5) is 5.09. The van der Waals surface area contributed by atoms with Crippen molar-refractivity contribution in [2.45, 2.75) is 19.6 Å². The molecule has 1 aliphatic heterocycles. The highest BCUT2D eigenvalue weighted by Crippen LogP contribution is 2.49. The van der Waals surface area contributed by atoms with E-state index in [-0.39, 0.29) is 0 Å². The Hall–Kier alpha value is -3.98. The maximum Gasteiger partial charge on any atom is 0.0207 e. The van der Waals surface area contributed by atoms with Crippen molar-refractivity contribution in [1.82, 2.24) is 0 Å². The van der Waals surface area contributed by atoms with Crippen molar-refractivity contribution in [2.24, 2.45) is 0 Å². The molecule has 0 N–H and O–H groups in total. The van der Waals surface area contributed by atoms with Crippen LogP contribution in [0.25, 0.3) is 44.5 Å². The van der Waals surface area contributed by atoms with Crippen LogP contribution >= 0.6 is 23.5 Å². The molecule has 0 saturated carbocycles. The average Bonchev–Trinajstić information content (AvgIpc) is 2.99. The zero-order chi connectivity index (χ0) is 25.3. The summed E-state index contributed by atoms with van der Waals surface area (Å²) < 4.78 is 0. The number of fused-ring (bicyclic) bond motifs is 6. The summed E-state index contributed by atoms with van der Waals surface area (Å²) in [6.45, 7) is 0. The van der Waals surface area contributed by atoms with Crippen molar-refractivity contribution in [3.05, 3.63) is 146 Å². The molecule has 0 fully saturated rings. The van der Waals surface area contributed by atoms with Gasteiger partial charge in [-0.25, -0.2) is 0 Å². The smallest absolute Gasteiger partial charge is 0.0207 e. The van der Waals surface area contributed by atoms with Crippen LogP contribution in [0.2, 0.25) is 0 Å². The first-order valence-corrected chi connectivity index (χ1v) is 14.4. The van der Waals surface area contributed by atoms with Gasteiger partial charge in [-0.05, 0) is 68.8 Å². The number of rotatable bonds is 2. The number of hydrogen-bond acceptors (Lipinski definition) is 2. The van der Waals surface area contributed by atoms with Gasteiger partial charge in [0, 0.05) is 19.6 Å². The molecule has 0 aromatic heterocycles. The predicted octanol–water partition coefficient (Wildman–Crippen LogP) is 11.0. The summed E-state index contributed by atoms with van der Waals surface area (Å²) in [6, 6.07) is 52.8. The lowest BCUT2D eigenvalue weighted by atomic mass is 9.99. The summed E-state index contributed by atoms with van der Waals surface area (Å²) in [5.41, 5.74) is 10.0. The van der Waals surface area contributed by atoms with Crippen LogP contribution in [0.3, 0.4) is 0 Å². The first-order valence-electron chi connectivity index (χ1n) is 12.8. The first kappa shape index (κ1) is 23.2. The molecule has 0 nitrogen and oxygen atoms in total. The lowest BCUT2D eigenvalue weighted by Gasteiger charge is -2.21. The van der Waals surface area contributed by atoms with Gasteiger partial charge in [0.15, 0.2) is 0 Å². The minimum absolute atomic E-state index is 1.24. The molecule has 180 valence electrons. The Labute approximate surface area is 232 Å². The van der Waals surface area contributed by atoms with Crippen LogP contribution < -0.4 is 0 Å². The van der Waals surface area contributed by atoms with Gasteiger partial charge >= 0.3 is 0 Å². The first-order chi connectivity index (χ1) is 18.8. The Morgan fingerprint density at radius 1 is 0.263 bits per heavy atom. The van der Waals surface area contributed by atoms with E-state index in [1.54, 1.807) is 0 Å². The number of benzene rings is 6. The van der Waals surface area contributed by atoms with Gasteiger partial charge in [0.05, 0.1) is 0 Å². The molecule has 0 radical (unpaired) electrons. The minimum Gasteiger partial charge on any atom is -0.0888 e. The van der Waals surface area contributed by atoms with Crippen molar-refractivity contribution < 1.29 is 0 Å². The van der Waals surface area contributed by atoms with E-state index in [9.17, 15) is 0 Å². The summed E-state index contributed by atoms with van der Waals surface area (Å²) in [5, 5.41) is 0. The van der Waals surface area contributed by atoms with E-state index in [0.29, 0.717) is 0 Å². The molecular formula is C36H24S2. The third-order valence-corrected chi connectivity index (χ3v) is 9.24. The Balaban J connectivity index is 1.49. The molecule has 0 bridgehead atoms. The van der Waals surface area contributed by atoms with Crippen LogP contribution in [0.1, 0.15) is 0 Å². The van der Waals surface area contributed by atoms with Crippen LogP contribution in [0.5, 0.6) is 0 Å². The molecule has 0 amide bonds. The van der Waals surface area contributed by atoms with Crippen molar-refractivity contribution in [1.29, 1.82) is 0 Å². The molecule has 38 heavy (non-hydrogen) atoms. The van der Waals surface area contributed by atoms with Gasteiger partial charge in [0.25, 0.3) is 0 Å². The van der Waals surface area contributed by atoms with Crippen LogP contribution in [-0.4, -0.2) is 0 Å². The Morgan fingerprint density at radius 3 is 1.11 bits per heavy atom. The zero-order valence-electron chi connectivity index (χ0n) is 20.7. The lowest BCUT2D eigenvalue weighted by molar-refractivity contribution is 1.32. The van der Waals surface area contributed by atoms with E-state index >= 15 is 0 Å². The largest absolute Gasteiger partial charge is 0.0888 e. The molecule has 2 heteroatoms. The van der Waals surface area contributed by atoms with Crippen molar-refractivity contribution in [3.8, 4) is 44.5 Å². The third kappa shape index (κ3) is 4.36. The van der Waals surface area contributed by atoms with Crippen LogP contribution in [0.4, 0.5) is 0 Å². The molecule has 0 aliphatic carbocycles. The summed E-state index contributed by atoms with van der Waals surface area (Å²) in [6.07, 6.45) is 0. The predicted molar refractivity (Wildman–Crippen MR) is 163 cm³/mol. The number of hydrogen-bond donors (Lipinski definition) is 0. The van der Waals surface area contributed by atoms with E-state index < -0.39 is 0 Å². The van der Waals surface area contributed by atoms with Gasteiger partial charge in [-0.3, -0.25) is 0 Å². The second-order valence-electron chi connectivity index (χ2n) is 9.35. The molecule has 7 rings (SSSR count). The lowest BCUT2D eigenvalue weighted by Crippen LogP contribution is -1.93. The maximum absolute atomic E-state index is 2.36. The van der Waals surface area contributed by atoms with Crippen LogP contribution in [0.15, 0.2) is 165 Å².